The van der Waals surface area contributed by atoms with Crippen LogP contribution in [0.25, 0.3) is 17.1 Å². The van der Waals surface area contributed by atoms with Crippen molar-refractivity contribution in [3.05, 3.63) is 93.2 Å². The molecule has 5 nitrogen and oxygen atoms in total. The number of nitrogens with zero attached hydrogens (tertiary/aromatic N) is 3. The third kappa shape index (κ3) is 6.53. The van der Waals surface area contributed by atoms with Gasteiger partial charge in [0.15, 0.2) is 11.0 Å². The van der Waals surface area contributed by atoms with Crippen molar-refractivity contribution in [2.75, 3.05) is 12.3 Å². The number of hydrogen-bond donors (Lipinski definition) is 1. The Hall–Kier alpha value is -2.87. The van der Waals surface area contributed by atoms with Gasteiger partial charge < -0.3 is 5.32 Å². The number of nitrogens with one attached hydrogen (secondary N) is 1. The van der Waals surface area contributed by atoms with Crippen molar-refractivity contribution >= 4 is 40.9 Å². The molecule has 0 unspecified atom stereocenters. The first kappa shape index (κ1) is 27.2. The summed E-state index contributed by atoms with van der Waals surface area (Å²) in [6.07, 6.45) is 2.27. The molecule has 0 aliphatic heterocycles. The third-order valence-electron chi connectivity index (χ3n) is 5.98. The zero-order valence-electron chi connectivity index (χ0n) is 20.6. The fourth-order valence-electron chi connectivity index (χ4n) is 4.09. The van der Waals surface area contributed by atoms with Crippen LogP contribution in [0.4, 0.5) is 4.39 Å². The lowest BCUT2D eigenvalue weighted by molar-refractivity contribution is -0.118. The molecular weight excluding hydrogens is 530 g/mol. The molecule has 4 aromatic rings. The first-order valence-electron chi connectivity index (χ1n) is 12.1. The van der Waals surface area contributed by atoms with Crippen LogP contribution < -0.4 is 5.32 Å². The summed E-state index contributed by atoms with van der Waals surface area (Å²) in [5.74, 6) is 0.373. The lowest BCUT2D eigenvalue weighted by Crippen LogP contribution is -2.27. The smallest absolute Gasteiger partial charge is 0.230 e. The molecule has 1 heterocycles. The number of aromatic nitrogens is 3. The maximum atomic E-state index is 13.1. The van der Waals surface area contributed by atoms with E-state index in [4.69, 9.17) is 23.2 Å². The normalized spacial score (nSPS) is 11.1. The van der Waals surface area contributed by atoms with E-state index in [0.29, 0.717) is 39.6 Å². The topological polar surface area (TPSA) is 59.8 Å². The number of hydrogen-bond acceptors (Lipinski definition) is 4. The molecule has 0 aliphatic rings. The van der Waals surface area contributed by atoms with Gasteiger partial charge in [0.05, 0.1) is 16.5 Å². The van der Waals surface area contributed by atoms with Crippen LogP contribution in [0, 0.1) is 5.82 Å². The Labute approximate surface area is 230 Å². The highest BCUT2D eigenvalue weighted by Gasteiger charge is 2.22. The molecule has 37 heavy (non-hydrogen) atoms. The summed E-state index contributed by atoms with van der Waals surface area (Å²) < 4.78 is 15.1. The summed E-state index contributed by atoms with van der Waals surface area (Å²) in [5, 5.41) is 13.5. The van der Waals surface area contributed by atoms with Gasteiger partial charge >= 0.3 is 0 Å². The van der Waals surface area contributed by atoms with Crippen molar-refractivity contribution in [1.29, 1.82) is 0 Å². The minimum absolute atomic E-state index is 0.118. The van der Waals surface area contributed by atoms with E-state index in [1.807, 2.05) is 10.6 Å². The molecule has 192 valence electrons. The van der Waals surface area contributed by atoms with Gasteiger partial charge in [0, 0.05) is 17.1 Å². The van der Waals surface area contributed by atoms with Crippen LogP contribution in [0.2, 0.25) is 10.0 Å². The Morgan fingerprint density at radius 2 is 1.70 bits per heavy atom. The number of halogens is 3. The molecule has 0 aliphatic carbocycles. The second-order valence-electron chi connectivity index (χ2n) is 8.41. The maximum absolute atomic E-state index is 13.1. The van der Waals surface area contributed by atoms with E-state index in [1.54, 1.807) is 24.3 Å². The molecule has 3 aromatic carbocycles. The van der Waals surface area contributed by atoms with E-state index in [1.165, 1.54) is 23.9 Å². The van der Waals surface area contributed by atoms with Crippen molar-refractivity contribution in [2.24, 2.45) is 0 Å². The van der Waals surface area contributed by atoms with E-state index >= 15 is 0 Å². The van der Waals surface area contributed by atoms with Gasteiger partial charge in [0.2, 0.25) is 5.91 Å². The largest absolute Gasteiger partial charge is 0.355 e. The molecule has 1 amide bonds. The number of rotatable bonds is 10. The van der Waals surface area contributed by atoms with E-state index < -0.39 is 0 Å². The van der Waals surface area contributed by atoms with Gasteiger partial charge in [-0.25, -0.2) is 4.39 Å². The lowest BCUT2D eigenvalue weighted by atomic mass is 10.0. The molecule has 0 spiro atoms. The third-order valence-corrected chi connectivity index (χ3v) is 7.45. The number of carbonyl (C=O) groups is 1. The van der Waals surface area contributed by atoms with Gasteiger partial charge in [-0.2, -0.15) is 0 Å². The summed E-state index contributed by atoms with van der Waals surface area (Å²) >= 11 is 14.0. The van der Waals surface area contributed by atoms with Crippen LogP contribution >= 0.6 is 35.0 Å². The SMILES string of the molecule is CCc1cccc(CC)c1-n1c(SCC(=O)NCCc2ccc(F)cc2)nnc1-c1ccc(Cl)cc1Cl. The Balaban J connectivity index is 1.60. The highest BCUT2D eigenvalue weighted by atomic mass is 35.5. The quantitative estimate of drug-likeness (QED) is 0.214. The van der Waals surface area contributed by atoms with E-state index in [2.05, 4.69) is 47.6 Å². The molecule has 0 atom stereocenters. The van der Waals surface area contributed by atoms with E-state index in [0.717, 1.165) is 35.2 Å². The van der Waals surface area contributed by atoms with Crippen LogP contribution in [0.5, 0.6) is 0 Å². The standard InChI is InChI=1S/C28H27Cl2FN4OS/c1-3-19-6-5-7-20(4-2)26(19)35-27(23-13-10-21(29)16-24(23)30)33-34-28(35)37-17-25(36)32-15-14-18-8-11-22(31)12-9-18/h5-13,16H,3-4,14-15,17H2,1-2H3,(H,32,36). The molecule has 0 saturated carbocycles. The number of carbonyl (C=O) groups excluding carboxylic acids is 1. The summed E-state index contributed by atoms with van der Waals surface area (Å²) in [6, 6.07) is 17.8. The fraction of sp³-hybridized carbons (Fsp3) is 0.250. The van der Waals surface area contributed by atoms with Crippen LogP contribution in [0.1, 0.15) is 30.5 Å². The Morgan fingerprint density at radius 3 is 2.35 bits per heavy atom. The predicted molar refractivity (Wildman–Crippen MR) is 149 cm³/mol. The minimum Gasteiger partial charge on any atom is -0.355 e. The Bertz CT molecular complexity index is 1370. The molecule has 0 radical (unpaired) electrons. The number of benzene rings is 3. The van der Waals surface area contributed by atoms with Gasteiger partial charge in [-0.05, 0) is 66.3 Å². The van der Waals surface area contributed by atoms with Gasteiger partial charge in [-0.3, -0.25) is 9.36 Å². The van der Waals surface area contributed by atoms with Gasteiger partial charge in [0.25, 0.3) is 0 Å². The maximum Gasteiger partial charge on any atom is 0.230 e. The minimum atomic E-state index is -0.275. The Kier molecular flexibility index (Phi) is 9.24. The number of aryl methyl sites for hydroxylation is 2. The van der Waals surface area contributed by atoms with E-state index in [-0.39, 0.29) is 17.5 Å². The molecule has 1 aromatic heterocycles. The van der Waals surface area contributed by atoms with E-state index in [9.17, 15) is 9.18 Å². The fourth-order valence-corrected chi connectivity index (χ4v) is 5.35. The number of amides is 1. The average molecular weight is 558 g/mol. The Morgan fingerprint density at radius 1 is 1.00 bits per heavy atom. The molecular formula is C28H27Cl2FN4OS. The summed E-state index contributed by atoms with van der Waals surface area (Å²) in [4.78, 5) is 12.6. The summed E-state index contributed by atoms with van der Waals surface area (Å²) in [6.45, 7) is 4.68. The van der Waals surface area contributed by atoms with Crippen molar-refractivity contribution in [2.45, 2.75) is 38.3 Å². The van der Waals surface area contributed by atoms with Crippen molar-refractivity contribution in [1.82, 2.24) is 20.1 Å². The summed E-state index contributed by atoms with van der Waals surface area (Å²) in [5.41, 5.74) is 4.98. The second kappa shape index (κ2) is 12.6. The number of para-hydroxylation sites is 1. The second-order valence-corrected chi connectivity index (χ2v) is 10.2. The first-order chi connectivity index (χ1) is 17.9. The highest BCUT2D eigenvalue weighted by molar-refractivity contribution is 7.99. The molecule has 0 saturated heterocycles. The molecule has 0 bridgehead atoms. The average Bonchev–Trinajstić information content (AvgIpc) is 3.31. The summed E-state index contributed by atoms with van der Waals surface area (Å²) in [7, 11) is 0. The highest BCUT2D eigenvalue weighted by Crippen LogP contribution is 2.35. The van der Waals surface area contributed by atoms with Gasteiger partial charge in [-0.1, -0.05) is 79.1 Å². The zero-order chi connectivity index (χ0) is 26.4. The van der Waals surface area contributed by atoms with Crippen molar-refractivity contribution in [3.63, 3.8) is 0 Å². The predicted octanol–water partition coefficient (Wildman–Crippen LogP) is 6.96. The molecule has 0 fully saturated rings. The monoisotopic (exact) mass is 556 g/mol. The first-order valence-corrected chi connectivity index (χ1v) is 13.8. The number of thioether (sulfide) groups is 1. The molecule has 1 N–H and O–H groups in total. The van der Waals surface area contributed by atoms with Crippen LogP contribution in [0.3, 0.4) is 0 Å². The van der Waals surface area contributed by atoms with Gasteiger partial charge in [0.1, 0.15) is 5.82 Å². The molecule has 9 heteroatoms. The van der Waals surface area contributed by atoms with Crippen LogP contribution in [-0.2, 0) is 24.1 Å². The van der Waals surface area contributed by atoms with Crippen LogP contribution in [0.15, 0.2) is 65.8 Å². The molecule has 4 rings (SSSR count). The van der Waals surface area contributed by atoms with Crippen molar-refractivity contribution < 1.29 is 9.18 Å². The lowest BCUT2D eigenvalue weighted by Gasteiger charge is -2.18. The van der Waals surface area contributed by atoms with Crippen molar-refractivity contribution in [3.8, 4) is 17.1 Å². The zero-order valence-corrected chi connectivity index (χ0v) is 22.9. The van der Waals surface area contributed by atoms with Crippen LogP contribution in [-0.4, -0.2) is 33.0 Å². The van der Waals surface area contributed by atoms with Gasteiger partial charge in [-0.15, -0.1) is 10.2 Å².